The van der Waals surface area contributed by atoms with E-state index in [1.165, 1.54) is 11.1 Å². The number of rotatable bonds is 1. The molecule has 0 amide bonds. The van der Waals surface area contributed by atoms with Crippen molar-refractivity contribution in [1.82, 2.24) is 10.2 Å². The average Bonchev–Trinajstić information content (AvgIpc) is 1.95. The highest BCUT2D eigenvalue weighted by Gasteiger charge is 1.98. The Hall–Kier alpha value is -0.920. The molecule has 0 saturated heterocycles. The molecule has 0 unspecified atom stereocenters. The predicted octanol–water partition coefficient (Wildman–Crippen LogP) is 1.66. The summed E-state index contributed by atoms with van der Waals surface area (Å²) in [6.45, 7) is 6.20. The lowest BCUT2D eigenvalue weighted by molar-refractivity contribution is 0.919. The second-order valence-corrected chi connectivity index (χ2v) is 2.43. The summed E-state index contributed by atoms with van der Waals surface area (Å²) in [4.78, 5) is 0. The third-order valence-corrected chi connectivity index (χ3v) is 1.83. The Morgan fingerprint density at radius 2 is 2.10 bits per heavy atom. The number of hydrogen-bond acceptors (Lipinski definition) is 2. The Balaban J connectivity index is 3.14. The molecule has 0 aromatic carbocycles. The first-order valence-corrected chi connectivity index (χ1v) is 3.53. The van der Waals surface area contributed by atoms with Crippen molar-refractivity contribution in [1.29, 1.82) is 0 Å². The largest absolute Gasteiger partial charge is 0.159 e. The highest BCUT2D eigenvalue weighted by molar-refractivity contribution is 5.24. The maximum Gasteiger partial charge on any atom is 0.0632 e. The van der Waals surface area contributed by atoms with E-state index in [1.807, 2.05) is 13.1 Å². The van der Waals surface area contributed by atoms with Crippen LogP contribution in [0.15, 0.2) is 6.20 Å². The standard InChI is InChI=1S/C8H12N2/c1-4-8-5-9-10-7(3)6(8)2/h5H,4H2,1-3H3. The van der Waals surface area contributed by atoms with Gasteiger partial charge in [0.25, 0.3) is 0 Å². The monoisotopic (exact) mass is 136 g/mol. The zero-order valence-corrected chi connectivity index (χ0v) is 6.68. The van der Waals surface area contributed by atoms with Crippen LogP contribution in [-0.2, 0) is 6.42 Å². The fraction of sp³-hybridized carbons (Fsp3) is 0.500. The topological polar surface area (TPSA) is 25.8 Å². The Morgan fingerprint density at radius 3 is 2.60 bits per heavy atom. The first-order valence-electron chi connectivity index (χ1n) is 3.53. The fourth-order valence-corrected chi connectivity index (χ4v) is 0.946. The first-order chi connectivity index (χ1) is 4.75. The van der Waals surface area contributed by atoms with Crippen molar-refractivity contribution in [3.05, 3.63) is 23.0 Å². The SMILES string of the molecule is CCc1cnnc(C)c1C. The highest BCUT2D eigenvalue weighted by atomic mass is 15.1. The molecule has 54 valence electrons. The molecule has 10 heavy (non-hydrogen) atoms. The summed E-state index contributed by atoms with van der Waals surface area (Å²) >= 11 is 0. The van der Waals surface area contributed by atoms with E-state index in [4.69, 9.17) is 0 Å². The summed E-state index contributed by atoms with van der Waals surface area (Å²) in [6, 6.07) is 0. The van der Waals surface area contributed by atoms with Crippen molar-refractivity contribution in [2.45, 2.75) is 27.2 Å². The van der Waals surface area contributed by atoms with E-state index in [-0.39, 0.29) is 0 Å². The van der Waals surface area contributed by atoms with Crippen LogP contribution in [-0.4, -0.2) is 10.2 Å². The number of nitrogens with zero attached hydrogens (tertiary/aromatic N) is 2. The second-order valence-electron chi connectivity index (χ2n) is 2.43. The van der Waals surface area contributed by atoms with Crippen molar-refractivity contribution in [2.75, 3.05) is 0 Å². The summed E-state index contributed by atoms with van der Waals surface area (Å²) in [5.74, 6) is 0. The Bertz CT molecular complexity index is 231. The van der Waals surface area contributed by atoms with Crippen LogP contribution in [0.1, 0.15) is 23.7 Å². The summed E-state index contributed by atoms with van der Waals surface area (Å²) < 4.78 is 0. The van der Waals surface area contributed by atoms with Crippen LogP contribution < -0.4 is 0 Å². The molecule has 0 aliphatic carbocycles. The van der Waals surface area contributed by atoms with Gasteiger partial charge in [0, 0.05) is 0 Å². The van der Waals surface area contributed by atoms with Crippen LogP contribution in [0.25, 0.3) is 0 Å². The van der Waals surface area contributed by atoms with Crippen LogP contribution >= 0.6 is 0 Å². The molecule has 0 bridgehead atoms. The van der Waals surface area contributed by atoms with Gasteiger partial charge in [-0.05, 0) is 31.4 Å². The van der Waals surface area contributed by atoms with Crippen molar-refractivity contribution < 1.29 is 0 Å². The van der Waals surface area contributed by atoms with E-state index in [1.54, 1.807) is 0 Å². The van der Waals surface area contributed by atoms with Gasteiger partial charge in [0.15, 0.2) is 0 Å². The molecular weight excluding hydrogens is 124 g/mol. The molecule has 0 N–H and O–H groups in total. The van der Waals surface area contributed by atoms with E-state index in [0.717, 1.165) is 12.1 Å². The van der Waals surface area contributed by atoms with Gasteiger partial charge in [-0.1, -0.05) is 6.92 Å². The molecular formula is C8H12N2. The van der Waals surface area contributed by atoms with Gasteiger partial charge >= 0.3 is 0 Å². The minimum Gasteiger partial charge on any atom is -0.159 e. The summed E-state index contributed by atoms with van der Waals surface area (Å²) in [7, 11) is 0. The molecule has 1 aromatic rings. The lowest BCUT2D eigenvalue weighted by Crippen LogP contribution is -1.95. The number of aryl methyl sites for hydroxylation is 2. The molecule has 0 spiro atoms. The van der Waals surface area contributed by atoms with Crippen molar-refractivity contribution in [3.8, 4) is 0 Å². The molecule has 0 saturated carbocycles. The van der Waals surface area contributed by atoms with Gasteiger partial charge in [-0.25, -0.2) is 0 Å². The van der Waals surface area contributed by atoms with E-state index < -0.39 is 0 Å². The van der Waals surface area contributed by atoms with Crippen LogP contribution in [0.2, 0.25) is 0 Å². The summed E-state index contributed by atoms with van der Waals surface area (Å²) in [5.41, 5.74) is 3.62. The molecule has 1 aromatic heterocycles. The molecule has 2 heteroatoms. The quantitative estimate of drug-likeness (QED) is 0.586. The van der Waals surface area contributed by atoms with Gasteiger partial charge < -0.3 is 0 Å². The van der Waals surface area contributed by atoms with Crippen LogP contribution in [0.3, 0.4) is 0 Å². The third kappa shape index (κ3) is 1.15. The predicted molar refractivity (Wildman–Crippen MR) is 40.9 cm³/mol. The highest BCUT2D eigenvalue weighted by Crippen LogP contribution is 2.07. The van der Waals surface area contributed by atoms with Crippen LogP contribution in [0.4, 0.5) is 0 Å². The Kier molecular flexibility index (Phi) is 2.00. The first kappa shape index (κ1) is 7.19. The zero-order valence-electron chi connectivity index (χ0n) is 6.68. The lowest BCUT2D eigenvalue weighted by atomic mass is 10.1. The van der Waals surface area contributed by atoms with Gasteiger partial charge in [-0.15, -0.1) is 0 Å². The van der Waals surface area contributed by atoms with Gasteiger partial charge in [-0.3, -0.25) is 0 Å². The van der Waals surface area contributed by atoms with E-state index in [2.05, 4.69) is 24.0 Å². The maximum atomic E-state index is 3.94. The lowest BCUT2D eigenvalue weighted by Gasteiger charge is -2.01. The average molecular weight is 136 g/mol. The normalized spacial score (nSPS) is 9.90. The van der Waals surface area contributed by atoms with Crippen LogP contribution in [0, 0.1) is 13.8 Å². The van der Waals surface area contributed by atoms with Gasteiger partial charge in [0.1, 0.15) is 0 Å². The van der Waals surface area contributed by atoms with Gasteiger partial charge in [0.2, 0.25) is 0 Å². The van der Waals surface area contributed by atoms with Crippen molar-refractivity contribution >= 4 is 0 Å². The molecule has 1 rings (SSSR count). The third-order valence-electron chi connectivity index (χ3n) is 1.83. The van der Waals surface area contributed by atoms with E-state index in [0.29, 0.717) is 0 Å². The minimum atomic E-state index is 1.04. The minimum absolute atomic E-state index is 1.04. The van der Waals surface area contributed by atoms with E-state index in [9.17, 15) is 0 Å². The molecule has 0 atom stereocenters. The molecule has 1 heterocycles. The molecule has 0 aliphatic heterocycles. The Morgan fingerprint density at radius 1 is 1.40 bits per heavy atom. The smallest absolute Gasteiger partial charge is 0.0632 e. The number of hydrogen-bond donors (Lipinski definition) is 0. The second kappa shape index (κ2) is 2.78. The number of aromatic nitrogens is 2. The maximum absolute atomic E-state index is 3.94. The summed E-state index contributed by atoms with van der Waals surface area (Å²) in [5, 5.41) is 7.80. The Labute approximate surface area is 61.3 Å². The van der Waals surface area contributed by atoms with E-state index >= 15 is 0 Å². The van der Waals surface area contributed by atoms with Gasteiger partial charge in [0.05, 0.1) is 11.9 Å². The zero-order chi connectivity index (χ0) is 7.56. The van der Waals surface area contributed by atoms with Crippen molar-refractivity contribution in [3.63, 3.8) is 0 Å². The molecule has 2 nitrogen and oxygen atoms in total. The van der Waals surface area contributed by atoms with Crippen LogP contribution in [0.5, 0.6) is 0 Å². The summed E-state index contributed by atoms with van der Waals surface area (Å²) in [6.07, 6.45) is 2.88. The fourth-order valence-electron chi connectivity index (χ4n) is 0.946. The molecule has 0 aliphatic rings. The van der Waals surface area contributed by atoms with Gasteiger partial charge in [-0.2, -0.15) is 10.2 Å². The molecule has 0 radical (unpaired) electrons. The van der Waals surface area contributed by atoms with Crippen molar-refractivity contribution in [2.24, 2.45) is 0 Å². The molecule has 0 fully saturated rings.